The van der Waals surface area contributed by atoms with E-state index in [1.165, 1.54) is 12.1 Å². The quantitative estimate of drug-likeness (QED) is 0.842. The van der Waals surface area contributed by atoms with E-state index in [1.54, 1.807) is 18.2 Å². The van der Waals surface area contributed by atoms with Gasteiger partial charge in [0.25, 0.3) is 0 Å². The van der Waals surface area contributed by atoms with Gasteiger partial charge < -0.3 is 4.74 Å². The molecule has 0 radical (unpaired) electrons. The predicted molar refractivity (Wildman–Crippen MR) is 63.1 cm³/mol. The third-order valence-corrected chi connectivity index (χ3v) is 2.95. The summed E-state index contributed by atoms with van der Waals surface area (Å²) >= 11 is 5.69. The number of sulfonamides is 1. The molecule has 0 fully saturated rings. The minimum absolute atomic E-state index is 0.107. The molecule has 0 spiro atoms. The van der Waals surface area contributed by atoms with Gasteiger partial charge in [-0.15, -0.1) is 0 Å². The zero-order valence-corrected chi connectivity index (χ0v) is 10.3. The highest BCUT2D eigenvalue weighted by Gasteiger charge is 2.15. The summed E-state index contributed by atoms with van der Waals surface area (Å²) in [5.74, 6) is 0.199. The minimum atomic E-state index is -3.83. The fraction of sp³-hybridized carbons (Fsp3) is 0.200. The molecule has 0 aromatic heterocycles. The van der Waals surface area contributed by atoms with E-state index in [2.05, 4.69) is 0 Å². The van der Waals surface area contributed by atoms with Crippen molar-refractivity contribution in [2.75, 3.05) is 6.61 Å². The zero-order valence-electron chi connectivity index (χ0n) is 8.68. The molecule has 6 heteroatoms. The average molecular weight is 262 g/mol. The number of rotatable bonds is 4. The van der Waals surface area contributed by atoms with Gasteiger partial charge in [-0.3, -0.25) is 0 Å². The molecule has 0 bridgehead atoms. The monoisotopic (exact) mass is 261 g/mol. The first-order chi connectivity index (χ1) is 7.45. The fourth-order valence-electron chi connectivity index (χ4n) is 1.06. The number of halogens is 1. The summed E-state index contributed by atoms with van der Waals surface area (Å²) in [5, 5.41) is 5.34. The molecule has 0 aliphatic carbocycles. The number of ether oxygens (including phenoxy) is 1. The van der Waals surface area contributed by atoms with Crippen molar-refractivity contribution in [1.82, 2.24) is 0 Å². The molecule has 0 saturated heterocycles. The zero-order chi connectivity index (χ0) is 12.2. The third kappa shape index (κ3) is 3.52. The average Bonchev–Trinajstić information content (AvgIpc) is 2.19. The van der Waals surface area contributed by atoms with Gasteiger partial charge in [-0.1, -0.05) is 23.8 Å². The standard InChI is InChI=1S/C10H12ClNO3S/c1-2-3-6-15-9-5-4-8(11)7-10(9)16(12,13)14/h2-5,7H,6H2,1H3,(H2,12,13,14)/b3-2+. The highest BCUT2D eigenvalue weighted by atomic mass is 35.5. The van der Waals surface area contributed by atoms with E-state index in [4.69, 9.17) is 21.5 Å². The molecule has 16 heavy (non-hydrogen) atoms. The maximum Gasteiger partial charge on any atom is 0.241 e. The van der Waals surface area contributed by atoms with Gasteiger partial charge in [0, 0.05) is 5.02 Å². The minimum Gasteiger partial charge on any atom is -0.488 e. The van der Waals surface area contributed by atoms with Gasteiger partial charge in [-0.2, -0.15) is 0 Å². The van der Waals surface area contributed by atoms with E-state index >= 15 is 0 Å². The summed E-state index contributed by atoms with van der Waals surface area (Å²) in [7, 11) is -3.83. The lowest BCUT2D eigenvalue weighted by Gasteiger charge is -2.08. The van der Waals surface area contributed by atoms with Gasteiger partial charge in [-0.25, -0.2) is 13.6 Å². The molecule has 0 atom stereocenters. The molecule has 4 nitrogen and oxygen atoms in total. The van der Waals surface area contributed by atoms with Crippen LogP contribution in [0.1, 0.15) is 6.92 Å². The van der Waals surface area contributed by atoms with Crippen molar-refractivity contribution in [2.45, 2.75) is 11.8 Å². The number of nitrogens with two attached hydrogens (primary N) is 1. The normalized spacial score (nSPS) is 11.9. The van der Waals surface area contributed by atoms with Crippen LogP contribution in [0.25, 0.3) is 0 Å². The topological polar surface area (TPSA) is 69.4 Å². The Morgan fingerprint density at radius 3 is 2.75 bits per heavy atom. The van der Waals surface area contributed by atoms with Crippen LogP contribution in [0.15, 0.2) is 35.2 Å². The molecule has 0 unspecified atom stereocenters. The fourth-order valence-corrected chi connectivity index (χ4v) is 1.99. The molecule has 0 aliphatic rings. The van der Waals surface area contributed by atoms with Crippen molar-refractivity contribution >= 4 is 21.6 Å². The summed E-state index contributed by atoms with van der Waals surface area (Å²) in [5.41, 5.74) is 0. The Bertz CT molecular complexity index is 497. The second kappa shape index (κ2) is 5.34. The third-order valence-electron chi connectivity index (χ3n) is 1.78. The lowest BCUT2D eigenvalue weighted by molar-refractivity contribution is 0.353. The second-order valence-electron chi connectivity index (χ2n) is 3.02. The Morgan fingerprint density at radius 1 is 1.50 bits per heavy atom. The molecule has 1 aromatic carbocycles. The lowest BCUT2D eigenvalue weighted by atomic mass is 10.3. The Kier molecular flexibility index (Phi) is 4.35. The van der Waals surface area contributed by atoms with Crippen molar-refractivity contribution in [3.8, 4) is 5.75 Å². The van der Waals surface area contributed by atoms with Crippen molar-refractivity contribution in [2.24, 2.45) is 5.14 Å². The van der Waals surface area contributed by atoms with Gasteiger partial charge in [0.15, 0.2) is 0 Å². The van der Waals surface area contributed by atoms with Crippen molar-refractivity contribution in [3.05, 3.63) is 35.4 Å². The molecule has 0 saturated carbocycles. The Balaban J connectivity index is 3.08. The van der Waals surface area contributed by atoms with E-state index in [1.807, 2.05) is 6.92 Å². The van der Waals surface area contributed by atoms with E-state index in [-0.39, 0.29) is 17.3 Å². The van der Waals surface area contributed by atoms with E-state index < -0.39 is 10.0 Å². The van der Waals surface area contributed by atoms with Crippen LogP contribution in [0.4, 0.5) is 0 Å². The first kappa shape index (κ1) is 13.0. The van der Waals surface area contributed by atoms with Crippen LogP contribution in [0.2, 0.25) is 5.02 Å². The predicted octanol–water partition coefficient (Wildman–Crippen LogP) is 1.94. The Hall–Kier alpha value is -1.04. The summed E-state index contributed by atoms with van der Waals surface area (Å²) in [6, 6.07) is 4.29. The van der Waals surface area contributed by atoms with Crippen LogP contribution in [0, 0.1) is 0 Å². The number of hydrogen-bond donors (Lipinski definition) is 1. The number of hydrogen-bond acceptors (Lipinski definition) is 3. The highest BCUT2D eigenvalue weighted by Crippen LogP contribution is 2.26. The van der Waals surface area contributed by atoms with E-state index in [0.717, 1.165) is 0 Å². The maximum atomic E-state index is 11.3. The lowest BCUT2D eigenvalue weighted by Crippen LogP contribution is -2.14. The maximum absolute atomic E-state index is 11.3. The van der Waals surface area contributed by atoms with Crippen LogP contribution >= 0.6 is 11.6 Å². The summed E-state index contributed by atoms with van der Waals surface area (Å²) in [4.78, 5) is -0.107. The Morgan fingerprint density at radius 2 is 2.19 bits per heavy atom. The molecule has 0 aliphatic heterocycles. The molecule has 0 heterocycles. The molecule has 1 aromatic rings. The van der Waals surface area contributed by atoms with Crippen LogP contribution in [-0.4, -0.2) is 15.0 Å². The summed E-state index contributed by atoms with van der Waals surface area (Å²) in [6.07, 6.45) is 3.55. The molecule has 2 N–H and O–H groups in total. The Labute approximate surface area is 99.7 Å². The number of benzene rings is 1. The summed E-state index contributed by atoms with van der Waals surface area (Å²) in [6.45, 7) is 2.12. The van der Waals surface area contributed by atoms with E-state index in [9.17, 15) is 8.42 Å². The van der Waals surface area contributed by atoms with Gasteiger partial charge >= 0.3 is 0 Å². The van der Waals surface area contributed by atoms with Crippen molar-refractivity contribution in [3.63, 3.8) is 0 Å². The van der Waals surface area contributed by atoms with Gasteiger partial charge in [0.2, 0.25) is 10.0 Å². The first-order valence-corrected chi connectivity index (χ1v) is 6.44. The van der Waals surface area contributed by atoms with Gasteiger partial charge in [-0.05, 0) is 25.1 Å². The van der Waals surface area contributed by atoms with E-state index in [0.29, 0.717) is 5.02 Å². The van der Waals surface area contributed by atoms with Crippen molar-refractivity contribution < 1.29 is 13.2 Å². The summed E-state index contributed by atoms with van der Waals surface area (Å²) < 4.78 is 27.8. The highest BCUT2D eigenvalue weighted by molar-refractivity contribution is 7.89. The van der Waals surface area contributed by atoms with Crippen LogP contribution in [-0.2, 0) is 10.0 Å². The molecule has 1 rings (SSSR count). The van der Waals surface area contributed by atoms with Gasteiger partial charge in [0.05, 0.1) is 0 Å². The van der Waals surface area contributed by atoms with Crippen LogP contribution in [0.5, 0.6) is 5.75 Å². The molecular formula is C10H12ClNO3S. The number of allylic oxidation sites excluding steroid dienone is 1. The SMILES string of the molecule is C/C=C/COc1ccc(Cl)cc1S(N)(=O)=O. The largest absolute Gasteiger partial charge is 0.488 e. The second-order valence-corrected chi connectivity index (χ2v) is 4.98. The molecule has 88 valence electrons. The van der Waals surface area contributed by atoms with Crippen LogP contribution < -0.4 is 9.88 Å². The first-order valence-electron chi connectivity index (χ1n) is 4.51. The van der Waals surface area contributed by atoms with Crippen LogP contribution in [0.3, 0.4) is 0 Å². The molecular weight excluding hydrogens is 250 g/mol. The number of primary sulfonamides is 1. The van der Waals surface area contributed by atoms with Gasteiger partial charge in [0.1, 0.15) is 17.3 Å². The molecule has 0 amide bonds. The smallest absolute Gasteiger partial charge is 0.241 e. The van der Waals surface area contributed by atoms with Crippen molar-refractivity contribution in [1.29, 1.82) is 0 Å².